The molecule has 1 saturated heterocycles. The number of carbonyl (C=O) groups is 1. The number of likely N-dealkylation sites (tertiary alicyclic amines) is 1. The van der Waals surface area contributed by atoms with E-state index in [-0.39, 0.29) is 11.4 Å². The molecule has 0 unspecified atom stereocenters. The molecule has 0 spiro atoms. The number of alkyl halides is 3. The molecule has 0 atom stereocenters. The van der Waals surface area contributed by atoms with E-state index in [4.69, 9.17) is 4.74 Å². The van der Waals surface area contributed by atoms with Gasteiger partial charge in [0.05, 0.1) is 18.4 Å². The lowest BCUT2D eigenvalue weighted by atomic mass is 9.90. The number of aromatic nitrogens is 2. The second kappa shape index (κ2) is 10.6. The number of amides is 1. The summed E-state index contributed by atoms with van der Waals surface area (Å²) >= 11 is 0. The number of piperidine rings is 1. The Morgan fingerprint density at radius 3 is 2.42 bits per heavy atom. The molecule has 6 nitrogen and oxygen atoms in total. The van der Waals surface area contributed by atoms with Gasteiger partial charge in [0.1, 0.15) is 5.75 Å². The molecule has 0 aliphatic carbocycles. The molecular formula is C27H28F3N3O3. The van der Waals surface area contributed by atoms with Crippen LogP contribution in [0.1, 0.15) is 46.6 Å². The van der Waals surface area contributed by atoms with Gasteiger partial charge in [0.2, 0.25) is 5.43 Å². The molecule has 2 heterocycles. The van der Waals surface area contributed by atoms with Crippen molar-refractivity contribution in [3.63, 3.8) is 0 Å². The Labute approximate surface area is 207 Å². The lowest BCUT2D eigenvalue weighted by Gasteiger charge is -2.31. The number of nitrogens with zero attached hydrogens (tertiary/aromatic N) is 3. The highest BCUT2D eigenvalue weighted by Gasteiger charge is 2.31. The molecule has 3 aromatic rings. The Morgan fingerprint density at radius 2 is 1.78 bits per heavy atom. The molecule has 1 aromatic heterocycles. The number of hydrogen-bond acceptors (Lipinski definition) is 4. The minimum absolute atomic E-state index is 0.133. The van der Waals surface area contributed by atoms with Crippen molar-refractivity contribution in [2.75, 3.05) is 20.2 Å². The fourth-order valence-corrected chi connectivity index (χ4v) is 4.51. The summed E-state index contributed by atoms with van der Waals surface area (Å²) in [6, 6.07) is 13.9. The number of halogens is 3. The number of aryl methyl sites for hydroxylation is 2. The molecule has 2 aromatic carbocycles. The third-order valence-corrected chi connectivity index (χ3v) is 6.63. The number of benzene rings is 2. The summed E-state index contributed by atoms with van der Waals surface area (Å²) in [5.41, 5.74) is 0.0524. The molecule has 1 aliphatic heterocycles. The average molecular weight is 500 g/mol. The van der Waals surface area contributed by atoms with Gasteiger partial charge in [-0.05, 0) is 74.4 Å². The van der Waals surface area contributed by atoms with Gasteiger partial charge in [-0.2, -0.15) is 18.3 Å². The molecule has 1 amide bonds. The van der Waals surface area contributed by atoms with E-state index in [1.54, 1.807) is 18.9 Å². The smallest absolute Gasteiger partial charge is 0.416 e. The van der Waals surface area contributed by atoms with E-state index >= 15 is 0 Å². The highest BCUT2D eigenvalue weighted by molar-refractivity contribution is 5.92. The van der Waals surface area contributed by atoms with Crippen LogP contribution in [0.15, 0.2) is 59.4 Å². The van der Waals surface area contributed by atoms with E-state index in [9.17, 15) is 22.8 Å². The zero-order chi connectivity index (χ0) is 25.9. The molecule has 9 heteroatoms. The average Bonchev–Trinajstić information content (AvgIpc) is 2.87. The third-order valence-electron chi connectivity index (χ3n) is 6.63. The van der Waals surface area contributed by atoms with Crippen LogP contribution < -0.4 is 10.2 Å². The van der Waals surface area contributed by atoms with Crippen molar-refractivity contribution >= 4 is 5.91 Å². The molecule has 0 radical (unpaired) electrons. The first kappa shape index (κ1) is 25.5. The molecule has 1 aliphatic rings. The first-order valence-electron chi connectivity index (χ1n) is 11.9. The highest BCUT2D eigenvalue weighted by Crippen LogP contribution is 2.30. The van der Waals surface area contributed by atoms with Gasteiger partial charge in [-0.1, -0.05) is 18.2 Å². The molecule has 1 fully saturated rings. The first-order valence-corrected chi connectivity index (χ1v) is 11.9. The molecule has 0 saturated carbocycles. The van der Waals surface area contributed by atoms with Crippen LogP contribution in [0, 0.1) is 12.8 Å². The second-order valence-corrected chi connectivity index (χ2v) is 9.08. The molecular weight excluding hydrogens is 471 g/mol. The SMILES string of the molecule is COc1ccc(CCC2CCN(C(=O)c3nn(-c4cccc(C(F)(F)F)c4)c(C)cc3=O)CC2)cc1. The van der Waals surface area contributed by atoms with Crippen LogP contribution in [0.2, 0.25) is 0 Å². The van der Waals surface area contributed by atoms with Crippen LogP contribution in [0.4, 0.5) is 13.2 Å². The Morgan fingerprint density at radius 1 is 1.08 bits per heavy atom. The lowest BCUT2D eigenvalue weighted by molar-refractivity contribution is -0.137. The summed E-state index contributed by atoms with van der Waals surface area (Å²) in [6.07, 6.45) is -0.951. The predicted octanol–water partition coefficient (Wildman–Crippen LogP) is 5.05. The Kier molecular flexibility index (Phi) is 7.47. The van der Waals surface area contributed by atoms with Crippen molar-refractivity contribution in [1.29, 1.82) is 0 Å². The summed E-state index contributed by atoms with van der Waals surface area (Å²) in [6.45, 7) is 2.58. The summed E-state index contributed by atoms with van der Waals surface area (Å²) in [4.78, 5) is 27.3. The molecule has 0 N–H and O–H groups in total. The molecule has 0 bridgehead atoms. The van der Waals surface area contributed by atoms with Crippen LogP contribution in [0.5, 0.6) is 5.75 Å². The van der Waals surface area contributed by atoms with Gasteiger partial charge >= 0.3 is 6.18 Å². The van der Waals surface area contributed by atoms with E-state index in [0.29, 0.717) is 24.7 Å². The topological polar surface area (TPSA) is 64.4 Å². The zero-order valence-corrected chi connectivity index (χ0v) is 20.2. The van der Waals surface area contributed by atoms with Crippen molar-refractivity contribution in [2.24, 2.45) is 5.92 Å². The van der Waals surface area contributed by atoms with Crippen molar-refractivity contribution in [2.45, 2.75) is 38.8 Å². The maximum absolute atomic E-state index is 13.2. The van der Waals surface area contributed by atoms with Crippen LogP contribution >= 0.6 is 0 Å². The van der Waals surface area contributed by atoms with Crippen LogP contribution in [0.3, 0.4) is 0 Å². The van der Waals surface area contributed by atoms with E-state index in [0.717, 1.165) is 43.6 Å². The number of rotatable bonds is 6. The third kappa shape index (κ3) is 5.78. The van der Waals surface area contributed by atoms with E-state index < -0.39 is 23.1 Å². The number of hydrogen-bond donors (Lipinski definition) is 0. The molecule has 36 heavy (non-hydrogen) atoms. The van der Waals surface area contributed by atoms with Crippen molar-refractivity contribution in [3.05, 3.63) is 87.3 Å². The van der Waals surface area contributed by atoms with Gasteiger partial charge in [0.15, 0.2) is 5.69 Å². The fourth-order valence-electron chi connectivity index (χ4n) is 4.51. The Balaban J connectivity index is 1.43. The summed E-state index contributed by atoms with van der Waals surface area (Å²) in [5, 5.41) is 4.18. The van der Waals surface area contributed by atoms with Crippen LogP contribution in [-0.2, 0) is 12.6 Å². The summed E-state index contributed by atoms with van der Waals surface area (Å²) in [5.74, 6) is 0.792. The fraction of sp³-hybridized carbons (Fsp3) is 0.370. The normalized spacial score (nSPS) is 14.6. The molecule has 190 valence electrons. The highest BCUT2D eigenvalue weighted by atomic mass is 19.4. The Hall–Kier alpha value is -3.62. The van der Waals surface area contributed by atoms with Gasteiger partial charge in [0.25, 0.3) is 5.91 Å². The summed E-state index contributed by atoms with van der Waals surface area (Å²) in [7, 11) is 1.64. The van der Waals surface area contributed by atoms with Crippen LogP contribution in [0.25, 0.3) is 5.69 Å². The monoisotopic (exact) mass is 499 g/mol. The maximum atomic E-state index is 13.2. The minimum atomic E-state index is -4.51. The van der Waals surface area contributed by atoms with Gasteiger partial charge < -0.3 is 9.64 Å². The quantitative estimate of drug-likeness (QED) is 0.476. The van der Waals surface area contributed by atoms with E-state index in [1.165, 1.54) is 28.4 Å². The zero-order valence-electron chi connectivity index (χ0n) is 20.2. The van der Waals surface area contributed by atoms with Crippen molar-refractivity contribution in [1.82, 2.24) is 14.7 Å². The van der Waals surface area contributed by atoms with Gasteiger partial charge in [0, 0.05) is 24.8 Å². The maximum Gasteiger partial charge on any atom is 0.416 e. The largest absolute Gasteiger partial charge is 0.497 e. The van der Waals surface area contributed by atoms with Crippen molar-refractivity contribution < 1.29 is 22.7 Å². The standard InChI is InChI=1S/C27H28F3N3O3/c1-18-16-24(34)25(31-33(18)22-5-3-4-21(17-22)27(28,29)30)26(35)32-14-12-20(13-15-32)7-6-19-8-10-23(36-2)11-9-19/h3-5,8-11,16-17,20H,6-7,12-15H2,1-2H3. The van der Waals surface area contributed by atoms with Crippen molar-refractivity contribution in [3.8, 4) is 11.4 Å². The number of carbonyl (C=O) groups excluding carboxylic acids is 1. The number of methoxy groups -OCH3 is 1. The van der Waals surface area contributed by atoms with E-state index in [2.05, 4.69) is 17.2 Å². The Bertz CT molecular complexity index is 1280. The van der Waals surface area contributed by atoms with Gasteiger partial charge in [-0.3, -0.25) is 9.59 Å². The van der Waals surface area contributed by atoms with Gasteiger partial charge in [-0.15, -0.1) is 0 Å². The predicted molar refractivity (Wildman–Crippen MR) is 130 cm³/mol. The molecule has 4 rings (SSSR count). The summed E-state index contributed by atoms with van der Waals surface area (Å²) < 4.78 is 45.9. The van der Waals surface area contributed by atoms with E-state index in [1.807, 2.05) is 12.1 Å². The lowest BCUT2D eigenvalue weighted by Crippen LogP contribution is -2.41. The second-order valence-electron chi connectivity index (χ2n) is 9.08. The van der Waals surface area contributed by atoms with Gasteiger partial charge in [-0.25, -0.2) is 4.68 Å². The first-order chi connectivity index (χ1) is 17.2. The number of ether oxygens (including phenoxy) is 1. The van der Waals surface area contributed by atoms with Crippen LogP contribution in [-0.4, -0.2) is 40.8 Å². The minimum Gasteiger partial charge on any atom is -0.497 e.